The van der Waals surface area contributed by atoms with Crippen LogP contribution in [0, 0.1) is 6.92 Å². The van der Waals surface area contributed by atoms with Gasteiger partial charge in [-0.3, -0.25) is 4.98 Å². The fourth-order valence-corrected chi connectivity index (χ4v) is 4.09. The Balaban J connectivity index is 1.83. The second-order valence-corrected chi connectivity index (χ2v) is 7.73. The molecule has 0 aliphatic carbocycles. The Hall–Kier alpha value is -3.60. The van der Waals surface area contributed by atoms with Crippen LogP contribution in [0.25, 0.3) is 10.9 Å². The second-order valence-electron chi connectivity index (χ2n) is 7.73. The Kier molecular flexibility index (Phi) is 5.53. The number of nitrogens with one attached hydrogen (secondary N) is 1. The number of aryl methyl sites for hydroxylation is 1. The highest BCUT2D eigenvalue weighted by Crippen LogP contribution is 2.37. The SMILES string of the molecule is Cc1[nH]c2ccccc2c1C(CC(=NO)c1ccncc1)c1ccc(N(C)C)cc1. The molecule has 0 fully saturated rings. The van der Waals surface area contributed by atoms with Crippen LogP contribution in [0.5, 0.6) is 0 Å². The van der Waals surface area contributed by atoms with Crippen LogP contribution >= 0.6 is 0 Å². The van der Waals surface area contributed by atoms with Gasteiger partial charge in [-0.05, 0) is 48.4 Å². The highest BCUT2D eigenvalue weighted by atomic mass is 16.4. The monoisotopic (exact) mass is 398 g/mol. The third kappa shape index (κ3) is 3.79. The van der Waals surface area contributed by atoms with E-state index in [1.165, 1.54) is 16.5 Å². The van der Waals surface area contributed by atoms with Crippen LogP contribution in [0.1, 0.15) is 34.7 Å². The van der Waals surface area contributed by atoms with E-state index in [0.29, 0.717) is 12.1 Å². The minimum Gasteiger partial charge on any atom is -0.411 e. The average Bonchev–Trinajstić information content (AvgIpc) is 3.11. The molecule has 5 nitrogen and oxygen atoms in total. The normalized spacial score (nSPS) is 12.8. The number of benzene rings is 2. The van der Waals surface area contributed by atoms with Crippen LogP contribution in [0.3, 0.4) is 0 Å². The number of aromatic amines is 1. The highest BCUT2D eigenvalue weighted by molar-refractivity contribution is 6.01. The van der Waals surface area contributed by atoms with Crippen molar-refractivity contribution >= 4 is 22.3 Å². The van der Waals surface area contributed by atoms with Crippen molar-refractivity contribution in [1.82, 2.24) is 9.97 Å². The molecule has 2 aromatic carbocycles. The number of H-pyrrole nitrogens is 1. The molecule has 0 aliphatic rings. The first-order valence-electron chi connectivity index (χ1n) is 10.0. The quantitative estimate of drug-likeness (QED) is 0.262. The van der Waals surface area contributed by atoms with Gasteiger partial charge in [-0.25, -0.2) is 0 Å². The second kappa shape index (κ2) is 8.41. The van der Waals surface area contributed by atoms with E-state index in [4.69, 9.17) is 0 Å². The minimum atomic E-state index is 0.0384. The molecule has 0 radical (unpaired) electrons. The lowest BCUT2D eigenvalue weighted by molar-refractivity contribution is 0.317. The van der Waals surface area contributed by atoms with Crippen molar-refractivity contribution < 1.29 is 5.21 Å². The number of hydrogen-bond acceptors (Lipinski definition) is 4. The van der Waals surface area contributed by atoms with Crippen molar-refractivity contribution in [2.75, 3.05) is 19.0 Å². The predicted molar refractivity (Wildman–Crippen MR) is 123 cm³/mol. The Labute approximate surface area is 176 Å². The van der Waals surface area contributed by atoms with E-state index in [0.717, 1.165) is 22.5 Å². The van der Waals surface area contributed by atoms with Crippen molar-refractivity contribution in [3.05, 3.63) is 95.4 Å². The number of fused-ring (bicyclic) bond motifs is 1. The third-order valence-corrected chi connectivity index (χ3v) is 5.64. The molecular formula is C25H26N4O. The van der Waals surface area contributed by atoms with Crippen LogP contribution in [-0.2, 0) is 0 Å². The van der Waals surface area contributed by atoms with Gasteiger partial charge in [0.15, 0.2) is 0 Å². The molecule has 2 heterocycles. The molecule has 4 rings (SSSR count). The highest BCUT2D eigenvalue weighted by Gasteiger charge is 2.24. The van der Waals surface area contributed by atoms with Gasteiger partial charge in [0, 0.05) is 66.7 Å². The van der Waals surface area contributed by atoms with Crippen LogP contribution in [-0.4, -0.2) is 35.0 Å². The van der Waals surface area contributed by atoms with E-state index >= 15 is 0 Å². The molecule has 2 N–H and O–H groups in total. The van der Waals surface area contributed by atoms with E-state index in [1.54, 1.807) is 12.4 Å². The molecule has 5 heteroatoms. The number of aromatic nitrogens is 2. The zero-order chi connectivity index (χ0) is 21.1. The molecule has 4 aromatic rings. The minimum absolute atomic E-state index is 0.0384. The summed E-state index contributed by atoms with van der Waals surface area (Å²) in [4.78, 5) is 9.69. The number of anilines is 1. The Morgan fingerprint density at radius 2 is 1.73 bits per heavy atom. The summed E-state index contributed by atoms with van der Waals surface area (Å²) in [5, 5.41) is 14.7. The molecule has 0 bridgehead atoms. The van der Waals surface area contributed by atoms with Crippen LogP contribution in [0.4, 0.5) is 5.69 Å². The van der Waals surface area contributed by atoms with Gasteiger partial charge in [-0.2, -0.15) is 0 Å². The van der Waals surface area contributed by atoms with Gasteiger partial charge in [0.05, 0.1) is 5.71 Å². The molecule has 0 saturated carbocycles. The molecule has 2 aromatic heterocycles. The van der Waals surface area contributed by atoms with Gasteiger partial charge < -0.3 is 15.1 Å². The molecule has 1 unspecified atom stereocenters. The largest absolute Gasteiger partial charge is 0.411 e. The molecule has 152 valence electrons. The van der Waals surface area contributed by atoms with Crippen molar-refractivity contribution in [1.29, 1.82) is 0 Å². The summed E-state index contributed by atoms with van der Waals surface area (Å²) in [6.07, 6.45) is 4.02. The Bertz CT molecular complexity index is 1160. The van der Waals surface area contributed by atoms with Gasteiger partial charge in [-0.15, -0.1) is 0 Å². The number of oxime groups is 1. The van der Waals surface area contributed by atoms with Gasteiger partial charge in [-0.1, -0.05) is 35.5 Å². The first-order chi connectivity index (χ1) is 14.6. The average molecular weight is 399 g/mol. The molecule has 0 amide bonds. The molecule has 0 saturated heterocycles. The van der Waals surface area contributed by atoms with Crippen molar-refractivity contribution in [2.45, 2.75) is 19.3 Å². The van der Waals surface area contributed by atoms with Crippen LogP contribution in [0.15, 0.2) is 78.2 Å². The lowest BCUT2D eigenvalue weighted by atomic mass is 9.84. The van der Waals surface area contributed by atoms with Gasteiger partial charge in [0.25, 0.3) is 0 Å². The number of pyridine rings is 1. The maximum Gasteiger partial charge on any atom is 0.0878 e. The van der Waals surface area contributed by atoms with E-state index in [9.17, 15) is 5.21 Å². The fourth-order valence-electron chi connectivity index (χ4n) is 4.09. The topological polar surface area (TPSA) is 64.5 Å². The molecular weight excluding hydrogens is 372 g/mol. The van der Waals surface area contributed by atoms with Crippen LogP contribution < -0.4 is 4.90 Å². The molecule has 1 atom stereocenters. The maximum atomic E-state index is 9.83. The molecule has 0 aliphatic heterocycles. The van der Waals surface area contributed by atoms with Crippen molar-refractivity contribution in [2.24, 2.45) is 5.16 Å². The summed E-state index contributed by atoms with van der Waals surface area (Å²) >= 11 is 0. The zero-order valence-electron chi connectivity index (χ0n) is 17.5. The molecule has 30 heavy (non-hydrogen) atoms. The van der Waals surface area contributed by atoms with Gasteiger partial charge in [0.1, 0.15) is 0 Å². The maximum absolute atomic E-state index is 9.83. The van der Waals surface area contributed by atoms with E-state index < -0.39 is 0 Å². The first kappa shape index (κ1) is 19.7. The smallest absolute Gasteiger partial charge is 0.0878 e. The Morgan fingerprint density at radius 1 is 1.03 bits per heavy atom. The third-order valence-electron chi connectivity index (χ3n) is 5.64. The zero-order valence-corrected chi connectivity index (χ0v) is 17.5. The Morgan fingerprint density at radius 3 is 2.40 bits per heavy atom. The van der Waals surface area contributed by atoms with E-state index in [-0.39, 0.29) is 5.92 Å². The summed E-state index contributed by atoms with van der Waals surface area (Å²) in [7, 11) is 4.08. The molecule has 0 spiro atoms. The number of rotatable bonds is 6. The standard InChI is InChI=1S/C25H26N4O/c1-17-25(21-6-4-5-7-23(21)27-17)22(18-8-10-20(11-9-18)29(2)3)16-24(28-30)19-12-14-26-15-13-19/h4-15,22,27,30H,16H2,1-3H3. The summed E-state index contributed by atoms with van der Waals surface area (Å²) in [6.45, 7) is 2.11. The van der Waals surface area contributed by atoms with E-state index in [1.807, 2.05) is 32.3 Å². The lowest BCUT2D eigenvalue weighted by Gasteiger charge is -2.21. The summed E-state index contributed by atoms with van der Waals surface area (Å²) < 4.78 is 0. The van der Waals surface area contributed by atoms with Gasteiger partial charge >= 0.3 is 0 Å². The number of nitrogens with zero attached hydrogens (tertiary/aromatic N) is 3. The lowest BCUT2D eigenvalue weighted by Crippen LogP contribution is -2.12. The van der Waals surface area contributed by atoms with Crippen molar-refractivity contribution in [3.63, 3.8) is 0 Å². The van der Waals surface area contributed by atoms with Crippen LogP contribution in [0.2, 0.25) is 0 Å². The summed E-state index contributed by atoms with van der Waals surface area (Å²) in [6, 6.07) is 20.7. The predicted octanol–water partition coefficient (Wildman–Crippen LogP) is 5.34. The summed E-state index contributed by atoms with van der Waals surface area (Å²) in [5.74, 6) is 0.0384. The number of hydrogen-bond donors (Lipinski definition) is 2. The summed E-state index contributed by atoms with van der Waals surface area (Å²) in [5.41, 5.74) is 7.33. The number of para-hydroxylation sites is 1. The van der Waals surface area contributed by atoms with Gasteiger partial charge in [0.2, 0.25) is 0 Å². The fraction of sp³-hybridized carbons (Fsp3) is 0.200. The first-order valence-corrected chi connectivity index (χ1v) is 10.0. The van der Waals surface area contributed by atoms with E-state index in [2.05, 4.69) is 69.4 Å². The van der Waals surface area contributed by atoms with Crippen molar-refractivity contribution in [3.8, 4) is 0 Å².